The van der Waals surface area contributed by atoms with Gasteiger partial charge in [-0.15, -0.1) is 0 Å². The molecule has 132 valence electrons. The molecular weight excluding hydrogens is 288 g/mol. The maximum Gasteiger partial charge on any atom is -0.00387 e. The van der Waals surface area contributed by atoms with Gasteiger partial charge in [0.1, 0.15) is 0 Å². The van der Waals surface area contributed by atoms with E-state index in [1.807, 2.05) is 0 Å². The monoisotopic (exact) mass is 324 g/mol. The van der Waals surface area contributed by atoms with Crippen LogP contribution in [0.5, 0.6) is 0 Å². The highest BCUT2D eigenvalue weighted by Crippen LogP contribution is 2.66. The molecule has 2 unspecified atom stereocenters. The normalized spacial score (nSPS) is 40.4. The number of benzene rings is 1. The standard InChI is InChI=1S/C24H36/c1-16-14-18-8-9-21-23(5,19(18)15-17(16)2)13-10-20-22(3,4)11-7-12-24(20,21)6/h14-15,20-21H,7-13H2,1-6H3/t20?,21?,23-,24-/m0/s1. The third-order valence-corrected chi connectivity index (χ3v) is 8.83. The predicted molar refractivity (Wildman–Crippen MR) is 104 cm³/mol. The summed E-state index contributed by atoms with van der Waals surface area (Å²) in [5.74, 6) is 1.79. The summed E-state index contributed by atoms with van der Waals surface area (Å²) in [6, 6.07) is 5.07. The van der Waals surface area contributed by atoms with Gasteiger partial charge in [0.05, 0.1) is 0 Å². The Morgan fingerprint density at radius 3 is 2.29 bits per heavy atom. The maximum absolute atomic E-state index is 2.67. The van der Waals surface area contributed by atoms with Crippen molar-refractivity contribution in [2.45, 2.75) is 91.9 Å². The van der Waals surface area contributed by atoms with Crippen molar-refractivity contribution in [2.75, 3.05) is 0 Å². The molecule has 1 aromatic carbocycles. The first-order chi connectivity index (χ1) is 11.2. The lowest BCUT2D eigenvalue weighted by Gasteiger charge is -2.64. The van der Waals surface area contributed by atoms with Crippen LogP contribution in [0.4, 0.5) is 0 Å². The van der Waals surface area contributed by atoms with Crippen molar-refractivity contribution < 1.29 is 0 Å². The molecule has 0 N–H and O–H groups in total. The topological polar surface area (TPSA) is 0 Å². The third-order valence-electron chi connectivity index (χ3n) is 8.83. The largest absolute Gasteiger partial charge is 0.0596 e. The van der Waals surface area contributed by atoms with E-state index in [0.29, 0.717) is 16.2 Å². The van der Waals surface area contributed by atoms with E-state index in [0.717, 1.165) is 11.8 Å². The Bertz CT molecular complexity index is 667. The summed E-state index contributed by atoms with van der Waals surface area (Å²) in [7, 11) is 0. The highest BCUT2D eigenvalue weighted by Gasteiger charge is 2.59. The lowest BCUT2D eigenvalue weighted by Crippen LogP contribution is -2.57. The van der Waals surface area contributed by atoms with Crippen LogP contribution in [0.2, 0.25) is 0 Å². The van der Waals surface area contributed by atoms with Crippen molar-refractivity contribution in [1.29, 1.82) is 0 Å². The Hall–Kier alpha value is -0.780. The smallest absolute Gasteiger partial charge is 0.00387 e. The fraction of sp³-hybridized carbons (Fsp3) is 0.750. The average Bonchev–Trinajstić information content (AvgIpc) is 2.48. The van der Waals surface area contributed by atoms with Crippen LogP contribution in [0.1, 0.15) is 88.5 Å². The van der Waals surface area contributed by atoms with E-state index in [-0.39, 0.29) is 0 Å². The fourth-order valence-electron chi connectivity index (χ4n) is 7.53. The SMILES string of the molecule is Cc1cc2c(cc1C)[C@]1(C)CCC3C(C)(C)CCC[C@]3(C)C1CC2. The quantitative estimate of drug-likeness (QED) is 0.495. The predicted octanol–water partition coefficient (Wildman–Crippen LogP) is 6.75. The zero-order chi connectivity index (χ0) is 17.3. The Morgan fingerprint density at radius 1 is 0.833 bits per heavy atom. The van der Waals surface area contributed by atoms with Gasteiger partial charge in [-0.2, -0.15) is 0 Å². The number of rotatable bonds is 0. The Morgan fingerprint density at radius 2 is 1.54 bits per heavy atom. The number of hydrogen-bond donors (Lipinski definition) is 0. The molecule has 0 heteroatoms. The van der Waals surface area contributed by atoms with Crippen LogP contribution < -0.4 is 0 Å². The molecule has 0 spiro atoms. The van der Waals surface area contributed by atoms with Crippen LogP contribution in [0.15, 0.2) is 12.1 Å². The highest BCUT2D eigenvalue weighted by atomic mass is 14.6. The molecule has 0 nitrogen and oxygen atoms in total. The van der Waals surface area contributed by atoms with Gasteiger partial charge in [-0.05, 0) is 103 Å². The molecule has 24 heavy (non-hydrogen) atoms. The second-order valence-electron chi connectivity index (χ2n) is 10.5. The van der Waals surface area contributed by atoms with Gasteiger partial charge in [0.25, 0.3) is 0 Å². The number of aryl methyl sites for hydroxylation is 3. The molecule has 4 atom stereocenters. The first-order valence-corrected chi connectivity index (χ1v) is 10.3. The van der Waals surface area contributed by atoms with Crippen molar-refractivity contribution in [3.8, 4) is 0 Å². The molecule has 0 amide bonds. The van der Waals surface area contributed by atoms with Crippen LogP contribution >= 0.6 is 0 Å². The van der Waals surface area contributed by atoms with E-state index in [1.54, 1.807) is 11.1 Å². The van der Waals surface area contributed by atoms with E-state index in [2.05, 4.69) is 53.7 Å². The van der Waals surface area contributed by atoms with Gasteiger partial charge in [0, 0.05) is 0 Å². The van der Waals surface area contributed by atoms with Gasteiger partial charge in [-0.1, -0.05) is 46.2 Å². The molecule has 0 heterocycles. The van der Waals surface area contributed by atoms with E-state index >= 15 is 0 Å². The molecule has 0 saturated heterocycles. The van der Waals surface area contributed by atoms with Crippen LogP contribution in [-0.4, -0.2) is 0 Å². The zero-order valence-electron chi connectivity index (χ0n) is 16.8. The van der Waals surface area contributed by atoms with E-state index in [4.69, 9.17) is 0 Å². The summed E-state index contributed by atoms with van der Waals surface area (Å²) in [4.78, 5) is 0. The van der Waals surface area contributed by atoms with E-state index < -0.39 is 0 Å². The molecule has 3 aliphatic rings. The van der Waals surface area contributed by atoms with Crippen LogP contribution in [0.3, 0.4) is 0 Å². The van der Waals surface area contributed by atoms with Crippen LogP contribution in [0.25, 0.3) is 0 Å². The highest BCUT2D eigenvalue weighted by molar-refractivity contribution is 5.44. The third kappa shape index (κ3) is 2.10. The number of hydrogen-bond acceptors (Lipinski definition) is 0. The molecule has 4 rings (SSSR count). The van der Waals surface area contributed by atoms with Gasteiger partial charge in [0.15, 0.2) is 0 Å². The van der Waals surface area contributed by atoms with Crippen molar-refractivity contribution in [1.82, 2.24) is 0 Å². The van der Waals surface area contributed by atoms with Gasteiger partial charge in [-0.3, -0.25) is 0 Å². The second-order valence-corrected chi connectivity index (χ2v) is 10.5. The summed E-state index contributed by atoms with van der Waals surface area (Å²) in [6.07, 6.45) is 9.88. The maximum atomic E-state index is 2.67. The van der Waals surface area contributed by atoms with Crippen LogP contribution in [0, 0.1) is 36.5 Å². The van der Waals surface area contributed by atoms with Crippen molar-refractivity contribution in [3.63, 3.8) is 0 Å². The molecular formula is C24H36. The molecule has 1 aromatic rings. The molecule has 0 aliphatic heterocycles. The minimum atomic E-state index is 0.407. The Kier molecular flexibility index (Phi) is 3.56. The van der Waals surface area contributed by atoms with E-state index in [1.165, 1.54) is 56.1 Å². The van der Waals surface area contributed by atoms with Gasteiger partial charge >= 0.3 is 0 Å². The van der Waals surface area contributed by atoms with Crippen LogP contribution in [-0.2, 0) is 11.8 Å². The van der Waals surface area contributed by atoms with Crippen molar-refractivity contribution in [3.05, 3.63) is 34.4 Å². The molecule has 0 radical (unpaired) electrons. The Labute approximate surface area is 149 Å². The van der Waals surface area contributed by atoms with Gasteiger partial charge in [0.2, 0.25) is 0 Å². The van der Waals surface area contributed by atoms with Crippen molar-refractivity contribution in [2.24, 2.45) is 22.7 Å². The summed E-state index contributed by atoms with van der Waals surface area (Å²) < 4.78 is 0. The zero-order valence-corrected chi connectivity index (χ0v) is 16.8. The Balaban J connectivity index is 1.82. The summed E-state index contributed by atoms with van der Waals surface area (Å²) in [5, 5.41) is 0. The molecule has 0 aromatic heterocycles. The molecule has 2 saturated carbocycles. The summed E-state index contributed by atoms with van der Waals surface area (Å²) >= 11 is 0. The average molecular weight is 325 g/mol. The summed E-state index contributed by atoms with van der Waals surface area (Å²) in [6.45, 7) is 15.0. The minimum Gasteiger partial charge on any atom is -0.0596 e. The first kappa shape index (κ1) is 16.7. The van der Waals surface area contributed by atoms with Crippen molar-refractivity contribution >= 4 is 0 Å². The molecule has 0 bridgehead atoms. The lowest BCUT2D eigenvalue weighted by atomic mass is 9.40. The second kappa shape index (κ2) is 5.12. The number of fused-ring (bicyclic) bond motifs is 5. The minimum absolute atomic E-state index is 0.407. The van der Waals surface area contributed by atoms with Gasteiger partial charge < -0.3 is 0 Å². The summed E-state index contributed by atoms with van der Waals surface area (Å²) in [5.41, 5.74) is 7.84. The molecule has 3 aliphatic carbocycles. The van der Waals surface area contributed by atoms with E-state index in [9.17, 15) is 0 Å². The molecule has 2 fully saturated rings. The lowest BCUT2D eigenvalue weighted by molar-refractivity contribution is -0.110. The fourth-order valence-corrected chi connectivity index (χ4v) is 7.53. The first-order valence-electron chi connectivity index (χ1n) is 10.3. The van der Waals surface area contributed by atoms with Gasteiger partial charge in [-0.25, -0.2) is 0 Å².